The molecule has 2 rings (SSSR count). The van der Waals surface area contributed by atoms with Gasteiger partial charge < -0.3 is 14.8 Å². The van der Waals surface area contributed by atoms with Gasteiger partial charge in [-0.15, -0.1) is 0 Å². The van der Waals surface area contributed by atoms with Crippen molar-refractivity contribution in [3.63, 3.8) is 0 Å². The van der Waals surface area contributed by atoms with Crippen molar-refractivity contribution in [1.29, 1.82) is 5.26 Å². The van der Waals surface area contributed by atoms with Crippen LogP contribution in [0.4, 0.5) is 5.69 Å². The molecular weight excluding hydrogens is 242 g/mol. The Morgan fingerprint density at radius 2 is 2.05 bits per heavy atom. The third-order valence-electron chi connectivity index (χ3n) is 2.87. The second kappa shape index (κ2) is 6.14. The minimum absolute atomic E-state index is 0.363. The Bertz CT molecular complexity index is 603. The number of nitriles is 1. The maximum Gasteiger partial charge on any atom is 0.173 e. The number of hydrogen-bond donors (Lipinski definition) is 1. The van der Waals surface area contributed by atoms with E-state index in [1.807, 2.05) is 24.3 Å². The monoisotopic (exact) mass is 257 g/mol. The Morgan fingerprint density at radius 1 is 1.32 bits per heavy atom. The van der Waals surface area contributed by atoms with Gasteiger partial charge >= 0.3 is 0 Å². The summed E-state index contributed by atoms with van der Waals surface area (Å²) in [6.07, 6.45) is 1.21. The zero-order valence-corrected chi connectivity index (χ0v) is 10.9. The first-order valence-electron chi connectivity index (χ1n) is 5.87. The molecule has 0 fully saturated rings. The van der Waals surface area contributed by atoms with Gasteiger partial charge in [0.2, 0.25) is 0 Å². The molecule has 0 aliphatic rings. The predicted octanol–water partition coefficient (Wildman–Crippen LogP) is 2.14. The van der Waals surface area contributed by atoms with E-state index in [2.05, 4.69) is 16.4 Å². The minimum Gasteiger partial charge on any atom is -0.378 e. The molecule has 98 valence electrons. The van der Waals surface area contributed by atoms with Crippen LogP contribution in [-0.2, 0) is 9.47 Å². The molecule has 0 unspecified atom stereocenters. The maximum absolute atomic E-state index is 9.17. The van der Waals surface area contributed by atoms with Gasteiger partial charge in [-0.1, -0.05) is 18.2 Å². The van der Waals surface area contributed by atoms with E-state index in [4.69, 9.17) is 14.7 Å². The van der Waals surface area contributed by atoms with Gasteiger partial charge in [0.1, 0.15) is 6.07 Å². The molecule has 5 nitrogen and oxygen atoms in total. The highest BCUT2D eigenvalue weighted by atomic mass is 16.7. The first-order valence-corrected chi connectivity index (χ1v) is 5.87. The summed E-state index contributed by atoms with van der Waals surface area (Å²) in [6, 6.07) is 9.81. The average molecular weight is 257 g/mol. The molecular formula is C14H15N3O2. The highest BCUT2D eigenvalue weighted by molar-refractivity contribution is 5.93. The number of rotatable bonds is 5. The quantitative estimate of drug-likeness (QED) is 0.831. The van der Waals surface area contributed by atoms with Crippen LogP contribution in [0.1, 0.15) is 5.56 Å². The Kier molecular flexibility index (Phi) is 4.29. The third-order valence-corrected chi connectivity index (χ3v) is 2.87. The Morgan fingerprint density at radius 3 is 2.74 bits per heavy atom. The molecule has 1 aromatic carbocycles. The molecule has 0 spiro atoms. The lowest BCUT2D eigenvalue weighted by molar-refractivity contribution is -0.0913. The highest BCUT2D eigenvalue weighted by Crippen LogP contribution is 2.25. The average Bonchev–Trinajstić information content (AvgIpc) is 2.48. The van der Waals surface area contributed by atoms with E-state index in [9.17, 15) is 0 Å². The van der Waals surface area contributed by atoms with Gasteiger partial charge in [0.25, 0.3) is 0 Å². The predicted molar refractivity (Wildman–Crippen MR) is 72.8 cm³/mol. The van der Waals surface area contributed by atoms with E-state index in [0.717, 1.165) is 16.6 Å². The molecule has 2 aromatic rings. The summed E-state index contributed by atoms with van der Waals surface area (Å²) < 4.78 is 10.2. The lowest BCUT2D eigenvalue weighted by Crippen LogP contribution is -2.24. The molecule has 0 bridgehead atoms. The van der Waals surface area contributed by atoms with Crippen LogP contribution in [0.5, 0.6) is 0 Å². The number of pyridine rings is 1. The number of aromatic nitrogens is 1. The molecule has 0 atom stereocenters. The lowest BCUT2D eigenvalue weighted by Gasteiger charge is -2.16. The zero-order valence-electron chi connectivity index (χ0n) is 10.9. The second-order valence-corrected chi connectivity index (χ2v) is 3.96. The van der Waals surface area contributed by atoms with E-state index in [1.165, 1.54) is 0 Å². The van der Waals surface area contributed by atoms with Crippen molar-refractivity contribution in [2.24, 2.45) is 0 Å². The summed E-state index contributed by atoms with van der Waals surface area (Å²) in [6.45, 7) is 0.454. The first kappa shape index (κ1) is 13.3. The van der Waals surface area contributed by atoms with Crippen LogP contribution in [0.2, 0.25) is 0 Å². The van der Waals surface area contributed by atoms with E-state index >= 15 is 0 Å². The number of methoxy groups -OCH3 is 2. The van der Waals surface area contributed by atoms with Crippen molar-refractivity contribution in [1.82, 2.24) is 4.98 Å². The zero-order chi connectivity index (χ0) is 13.7. The number of nitrogens with zero attached hydrogens (tertiary/aromatic N) is 2. The fourth-order valence-corrected chi connectivity index (χ4v) is 1.86. The van der Waals surface area contributed by atoms with Crippen molar-refractivity contribution in [2.75, 3.05) is 26.1 Å². The summed E-state index contributed by atoms with van der Waals surface area (Å²) in [5, 5.41) is 13.3. The maximum atomic E-state index is 9.17. The van der Waals surface area contributed by atoms with Gasteiger partial charge in [0.15, 0.2) is 6.29 Å². The number of anilines is 1. The van der Waals surface area contributed by atoms with Crippen LogP contribution in [0, 0.1) is 11.3 Å². The summed E-state index contributed by atoms with van der Waals surface area (Å²) in [5.41, 5.74) is 2.10. The Hall–Kier alpha value is -2.16. The largest absolute Gasteiger partial charge is 0.378 e. The smallest absolute Gasteiger partial charge is 0.173 e. The van der Waals surface area contributed by atoms with Gasteiger partial charge in [-0.25, -0.2) is 0 Å². The van der Waals surface area contributed by atoms with E-state index in [0.29, 0.717) is 12.1 Å². The standard InChI is InChI=1S/C14H15N3O2/c1-18-13(19-2)9-17-14-10(7-15)8-16-12-6-4-3-5-11(12)14/h3-6,8,13H,9H2,1-2H3,(H,16,17). The molecule has 5 heteroatoms. The third kappa shape index (κ3) is 2.81. The Labute approximate surface area is 111 Å². The van der Waals surface area contributed by atoms with Gasteiger partial charge in [0.05, 0.1) is 23.3 Å². The molecule has 1 aromatic heterocycles. The molecule has 1 N–H and O–H groups in total. The van der Waals surface area contributed by atoms with Gasteiger partial charge in [-0.3, -0.25) is 4.98 Å². The van der Waals surface area contributed by atoms with Crippen LogP contribution < -0.4 is 5.32 Å². The number of ether oxygens (including phenoxy) is 2. The van der Waals surface area contributed by atoms with Crippen LogP contribution in [0.15, 0.2) is 30.5 Å². The van der Waals surface area contributed by atoms with Gasteiger partial charge in [0, 0.05) is 25.8 Å². The summed E-state index contributed by atoms with van der Waals surface area (Å²) in [7, 11) is 3.15. The van der Waals surface area contributed by atoms with Crippen molar-refractivity contribution in [2.45, 2.75) is 6.29 Å². The summed E-state index contributed by atoms with van der Waals surface area (Å²) in [4.78, 5) is 4.26. The number of fused-ring (bicyclic) bond motifs is 1. The summed E-state index contributed by atoms with van der Waals surface area (Å²) >= 11 is 0. The molecule has 0 amide bonds. The normalized spacial score (nSPS) is 10.6. The first-order chi connectivity index (χ1) is 9.30. The molecule has 1 heterocycles. The number of benzene rings is 1. The van der Waals surface area contributed by atoms with Crippen molar-refractivity contribution < 1.29 is 9.47 Å². The number of hydrogen-bond acceptors (Lipinski definition) is 5. The molecule has 0 radical (unpaired) electrons. The van der Waals surface area contributed by atoms with Crippen molar-refractivity contribution >= 4 is 16.6 Å². The lowest BCUT2D eigenvalue weighted by atomic mass is 10.1. The summed E-state index contributed by atoms with van der Waals surface area (Å²) in [5.74, 6) is 0. The topological polar surface area (TPSA) is 67.2 Å². The van der Waals surface area contributed by atoms with Crippen LogP contribution in [0.3, 0.4) is 0 Å². The molecule has 0 saturated carbocycles. The van der Waals surface area contributed by atoms with Crippen molar-refractivity contribution in [3.05, 3.63) is 36.0 Å². The minimum atomic E-state index is -0.363. The Balaban J connectivity index is 2.37. The fraction of sp³-hybridized carbons (Fsp3) is 0.286. The molecule has 0 aliphatic carbocycles. The van der Waals surface area contributed by atoms with Crippen LogP contribution in [0.25, 0.3) is 10.9 Å². The molecule has 0 saturated heterocycles. The number of nitrogens with one attached hydrogen (secondary N) is 1. The van der Waals surface area contributed by atoms with E-state index in [1.54, 1.807) is 20.4 Å². The number of para-hydroxylation sites is 1. The van der Waals surface area contributed by atoms with E-state index in [-0.39, 0.29) is 6.29 Å². The highest BCUT2D eigenvalue weighted by Gasteiger charge is 2.11. The fourth-order valence-electron chi connectivity index (χ4n) is 1.86. The van der Waals surface area contributed by atoms with Gasteiger partial charge in [-0.05, 0) is 6.07 Å². The van der Waals surface area contributed by atoms with Crippen LogP contribution in [-0.4, -0.2) is 32.0 Å². The molecule has 19 heavy (non-hydrogen) atoms. The van der Waals surface area contributed by atoms with E-state index < -0.39 is 0 Å². The SMILES string of the molecule is COC(CNc1c(C#N)cnc2ccccc12)OC. The van der Waals surface area contributed by atoms with Crippen LogP contribution >= 0.6 is 0 Å². The van der Waals surface area contributed by atoms with Gasteiger partial charge in [-0.2, -0.15) is 5.26 Å². The van der Waals surface area contributed by atoms with Crippen molar-refractivity contribution in [3.8, 4) is 6.07 Å². The second-order valence-electron chi connectivity index (χ2n) is 3.96. The molecule has 0 aliphatic heterocycles.